The van der Waals surface area contributed by atoms with Crippen molar-refractivity contribution in [1.82, 2.24) is 8.61 Å². The highest BCUT2D eigenvalue weighted by molar-refractivity contribution is 7.95. The molecule has 2 amide bonds. The summed E-state index contributed by atoms with van der Waals surface area (Å²) in [7, 11) is 0. The minimum Gasteiger partial charge on any atom is -0.373 e. The number of rotatable bonds is 2. The minimum atomic E-state index is -0.0713. The molecule has 0 aromatic rings. The fraction of sp³-hybridized carbons (Fsp3) is 0.818. The molecular weight excluding hydrogens is 240 g/mol. The molecule has 0 saturated carbocycles. The van der Waals surface area contributed by atoms with Crippen molar-refractivity contribution in [3.8, 4) is 0 Å². The molecule has 0 bridgehead atoms. The standard InChI is InChI=1S/C11H18N2O3S/c1-8-6-12(7-9(2)16-8)17-13-10(14)4-3-5-11(13)15/h8-9H,3-7H2,1-2H3. The highest BCUT2D eigenvalue weighted by Crippen LogP contribution is 2.26. The van der Waals surface area contributed by atoms with E-state index in [1.165, 1.54) is 16.4 Å². The molecule has 96 valence electrons. The summed E-state index contributed by atoms with van der Waals surface area (Å²) in [6.45, 7) is 5.49. The molecule has 0 N–H and O–H groups in total. The van der Waals surface area contributed by atoms with E-state index in [1.54, 1.807) is 0 Å². The van der Waals surface area contributed by atoms with E-state index in [-0.39, 0.29) is 24.0 Å². The van der Waals surface area contributed by atoms with Gasteiger partial charge in [0.2, 0.25) is 11.8 Å². The normalized spacial score (nSPS) is 32.0. The van der Waals surface area contributed by atoms with E-state index in [0.29, 0.717) is 19.3 Å². The second-order valence-electron chi connectivity index (χ2n) is 4.62. The quantitative estimate of drug-likeness (QED) is 0.550. The molecular formula is C11H18N2O3S. The summed E-state index contributed by atoms with van der Waals surface area (Å²) in [5, 5.41) is 0. The van der Waals surface area contributed by atoms with Crippen molar-refractivity contribution in [1.29, 1.82) is 0 Å². The SMILES string of the molecule is CC1CN(SN2C(=O)CCCC2=O)CC(C)O1. The summed E-state index contributed by atoms with van der Waals surface area (Å²) < 4.78 is 8.97. The molecule has 2 aliphatic heterocycles. The van der Waals surface area contributed by atoms with Crippen molar-refractivity contribution >= 4 is 23.9 Å². The number of hydrogen-bond donors (Lipinski definition) is 0. The first-order valence-electron chi connectivity index (χ1n) is 6.00. The van der Waals surface area contributed by atoms with Crippen molar-refractivity contribution in [2.45, 2.75) is 45.3 Å². The lowest BCUT2D eigenvalue weighted by Crippen LogP contribution is -2.46. The van der Waals surface area contributed by atoms with Crippen LogP contribution in [0.2, 0.25) is 0 Å². The van der Waals surface area contributed by atoms with Gasteiger partial charge in [0.15, 0.2) is 0 Å². The van der Waals surface area contributed by atoms with E-state index in [2.05, 4.69) is 0 Å². The van der Waals surface area contributed by atoms with E-state index in [9.17, 15) is 9.59 Å². The van der Waals surface area contributed by atoms with Gasteiger partial charge in [-0.05, 0) is 20.3 Å². The lowest BCUT2D eigenvalue weighted by atomic mass is 10.1. The van der Waals surface area contributed by atoms with Gasteiger partial charge in [0.25, 0.3) is 0 Å². The van der Waals surface area contributed by atoms with Crippen LogP contribution < -0.4 is 0 Å². The Kier molecular flexibility index (Phi) is 4.06. The van der Waals surface area contributed by atoms with Gasteiger partial charge in [0.1, 0.15) is 0 Å². The van der Waals surface area contributed by atoms with Crippen LogP contribution in [0.3, 0.4) is 0 Å². The van der Waals surface area contributed by atoms with Crippen molar-refractivity contribution in [3.63, 3.8) is 0 Å². The molecule has 2 saturated heterocycles. The van der Waals surface area contributed by atoms with E-state index in [4.69, 9.17) is 4.74 Å². The number of ether oxygens (including phenoxy) is 1. The van der Waals surface area contributed by atoms with Crippen LogP contribution in [0, 0.1) is 0 Å². The number of imide groups is 1. The molecule has 2 fully saturated rings. The topological polar surface area (TPSA) is 49.9 Å². The number of morpholine rings is 1. The summed E-state index contributed by atoms with van der Waals surface area (Å²) in [5.41, 5.74) is 0. The Morgan fingerprint density at radius 3 is 2.18 bits per heavy atom. The van der Waals surface area contributed by atoms with Crippen molar-refractivity contribution in [2.75, 3.05) is 13.1 Å². The summed E-state index contributed by atoms with van der Waals surface area (Å²) in [5.74, 6) is -0.143. The molecule has 2 unspecified atom stereocenters. The first kappa shape index (κ1) is 12.9. The summed E-state index contributed by atoms with van der Waals surface area (Å²) >= 11 is 1.25. The Balaban J connectivity index is 1.94. The summed E-state index contributed by atoms with van der Waals surface area (Å²) in [6, 6.07) is 0. The number of carbonyl (C=O) groups excluding carboxylic acids is 2. The molecule has 0 radical (unpaired) electrons. The van der Waals surface area contributed by atoms with Crippen molar-refractivity contribution in [3.05, 3.63) is 0 Å². The number of piperidine rings is 1. The second kappa shape index (κ2) is 5.37. The first-order chi connectivity index (χ1) is 8.06. The van der Waals surface area contributed by atoms with Gasteiger partial charge in [0, 0.05) is 25.9 Å². The Morgan fingerprint density at radius 2 is 1.65 bits per heavy atom. The van der Waals surface area contributed by atoms with Gasteiger partial charge in [-0.15, -0.1) is 0 Å². The second-order valence-corrected chi connectivity index (χ2v) is 5.67. The maximum atomic E-state index is 11.7. The van der Waals surface area contributed by atoms with Gasteiger partial charge in [-0.3, -0.25) is 9.59 Å². The average molecular weight is 258 g/mol. The van der Waals surface area contributed by atoms with Crippen LogP contribution in [0.15, 0.2) is 0 Å². The number of carbonyl (C=O) groups is 2. The van der Waals surface area contributed by atoms with Crippen LogP contribution in [-0.2, 0) is 14.3 Å². The molecule has 2 aliphatic rings. The van der Waals surface area contributed by atoms with E-state index < -0.39 is 0 Å². The Hall–Kier alpha value is -0.590. The zero-order valence-corrected chi connectivity index (χ0v) is 11.0. The summed E-state index contributed by atoms with van der Waals surface area (Å²) in [6.07, 6.45) is 1.93. The Morgan fingerprint density at radius 1 is 1.12 bits per heavy atom. The van der Waals surface area contributed by atoms with Crippen LogP contribution in [0.25, 0.3) is 0 Å². The highest BCUT2D eigenvalue weighted by Gasteiger charge is 2.31. The van der Waals surface area contributed by atoms with E-state index in [1.807, 2.05) is 18.2 Å². The minimum absolute atomic E-state index is 0.0713. The molecule has 0 aromatic heterocycles. The maximum Gasteiger partial charge on any atom is 0.240 e. The average Bonchev–Trinajstić information content (AvgIpc) is 2.22. The van der Waals surface area contributed by atoms with Crippen LogP contribution in [0.1, 0.15) is 33.1 Å². The van der Waals surface area contributed by atoms with E-state index >= 15 is 0 Å². The van der Waals surface area contributed by atoms with Gasteiger partial charge >= 0.3 is 0 Å². The monoisotopic (exact) mass is 258 g/mol. The molecule has 0 spiro atoms. The molecule has 6 heteroatoms. The first-order valence-corrected chi connectivity index (χ1v) is 6.73. The van der Waals surface area contributed by atoms with Crippen LogP contribution in [0.4, 0.5) is 0 Å². The Bertz CT molecular complexity index is 298. The molecule has 17 heavy (non-hydrogen) atoms. The van der Waals surface area contributed by atoms with Crippen molar-refractivity contribution < 1.29 is 14.3 Å². The fourth-order valence-electron chi connectivity index (χ4n) is 2.14. The lowest BCUT2D eigenvalue weighted by Gasteiger charge is -2.36. The smallest absolute Gasteiger partial charge is 0.240 e. The molecule has 5 nitrogen and oxygen atoms in total. The van der Waals surface area contributed by atoms with E-state index in [0.717, 1.165) is 13.1 Å². The molecule has 0 aliphatic carbocycles. The van der Waals surface area contributed by atoms with Gasteiger partial charge in [0.05, 0.1) is 24.3 Å². The fourth-order valence-corrected chi connectivity index (χ4v) is 3.29. The highest BCUT2D eigenvalue weighted by atomic mass is 32.2. The maximum absolute atomic E-state index is 11.7. The predicted molar refractivity (Wildman–Crippen MR) is 64.9 cm³/mol. The number of hydrogen-bond acceptors (Lipinski definition) is 5. The summed E-state index contributed by atoms with van der Waals surface area (Å²) in [4.78, 5) is 23.3. The van der Waals surface area contributed by atoms with Gasteiger partial charge in [-0.1, -0.05) is 0 Å². The van der Waals surface area contributed by atoms with Crippen LogP contribution >= 0.6 is 12.1 Å². The molecule has 2 atom stereocenters. The lowest BCUT2D eigenvalue weighted by molar-refractivity contribution is -0.141. The number of nitrogens with zero attached hydrogens (tertiary/aromatic N) is 2. The third-order valence-electron chi connectivity index (χ3n) is 2.82. The number of amides is 2. The molecule has 2 rings (SSSR count). The third kappa shape index (κ3) is 3.20. The predicted octanol–water partition coefficient (Wildman–Crippen LogP) is 1.20. The van der Waals surface area contributed by atoms with Gasteiger partial charge in [-0.25, -0.2) is 8.61 Å². The largest absolute Gasteiger partial charge is 0.373 e. The zero-order valence-electron chi connectivity index (χ0n) is 10.2. The Labute approximate surface area is 106 Å². The third-order valence-corrected chi connectivity index (χ3v) is 3.92. The van der Waals surface area contributed by atoms with Gasteiger partial charge in [-0.2, -0.15) is 0 Å². The van der Waals surface area contributed by atoms with Crippen LogP contribution in [0.5, 0.6) is 0 Å². The zero-order chi connectivity index (χ0) is 12.4. The van der Waals surface area contributed by atoms with Crippen molar-refractivity contribution in [2.24, 2.45) is 0 Å². The molecule has 0 aromatic carbocycles. The van der Waals surface area contributed by atoms with Gasteiger partial charge < -0.3 is 4.74 Å². The van der Waals surface area contributed by atoms with Crippen LogP contribution in [-0.4, -0.2) is 45.7 Å². The molecule has 2 heterocycles.